The molecule has 2 aromatic carbocycles. The number of hydrogen-bond donors (Lipinski definition) is 1. The summed E-state index contributed by atoms with van der Waals surface area (Å²) in [5, 5.41) is 10.4. The quantitative estimate of drug-likeness (QED) is 0.581. The van der Waals surface area contributed by atoms with Gasteiger partial charge in [0, 0.05) is 32.7 Å². The lowest BCUT2D eigenvalue weighted by molar-refractivity contribution is -0.143. The molecule has 0 spiro atoms. The Labute approximate surface area is 198 Å². The smallest absolute Gasteiger partial charge is 0.338 e. The molecule has 2 aromatic rings. The van der Waals surface area contributed by atoms with Crippen molar-refractivity contribution in [2.45, 2.75) is 19.1 Å². The first-order chi connectivity index (χ1) is 16.5. The summed E-state index contributed by atoms with van der Waals surface area (Å²) in [6.45, 7) is 5.16. The number of aliphatic hydroxyl groups excluding tert-OH is 1. The van der Waals surface area contributed by atoms with Crippen LogP contribution in [0.1, 0.15) is 17.3 Å². The average molecular weight is 471 g/mol. The van der Waals surface area contributed by atoms with E-state index in [0.29, 0.717) is 62.1 Å². The average Bonchev–Trinajstić information content (AvgIpc) is 2.87. The standard InChI is InChI=1S/C25H30N2O7/c1-2-31-25(30)18-6-5-7-20(14-18)32-16-19(28)15-26-10-12-27(13-11-26)24(29)23-17-33-21-8-3-4-9-22(21)34-23/h3-9,14,19,23,28H,2,10-13,15-17H2,1H3. The fourth-order valence-corrected chi connectivity index (χ4v) is 3.97. The number of piperazine rings is 1. The van der Waals surface area contributed by atoms with Crippen molar-refractivity contribution >= 4 is 11.9 Å². The van der Waals surface area contributed by atoms with Gasteiger partial charge in [-0.25, -0.2) is 4.79 Å². The van der Waals surface area contributed by atoms with E-state index in [1.54, 1.807) is 42.2 Å². The van der Waals surface area contributed by atoms with Gasteiger partial charge in [-0.05, 0) is 37.3 Å². The van der Waals surface area contributed by atoms with E-state index in [1.807, 2.05) is 18.2 Å². The first-order valence-electron chi connectivity index (χ1n) is 11.5. The summed E-state index contributed by atoms with van der Waals surface area (Å²) in [7, 11) is 0. The van der Waals surface area contributed by atoms with E-state index in [1.165, 1.54) is 0 Å². The van der Waals surface area contributed by atoms with Gasteiger partial charge in [0.05, 0.1) is 12.2 Å². The first-order valence-corrected chi connectivity index (χ1v) is 11.5. The van der Waals surface area contributed by atoms with Crippen molar-refractivity contribution in [3.05, 3.63) is 54.1 Å². The number of nitrogens with zero attached hydrogens (tertiary/aromatic N) is 2. The third-order valence-electron chi connectivity index (χ3n) is 5.72. The van der Waals surface area contributed by atoms with Crippen molar-refractivity contribution < 1.29 is 33.6 Å². The zero-order valence-electron chi connectivity index (χ0n) is 19.2. The summed E-state index contributed by atoms with van der Waals surface area (Å²) in [6.07, 6.45) is -1.36. The monoisotopic (exact) mass is 470 g/mol. The maximum atomic E-state index is 12.9. The minimum atomic E-state index is -0.708. The van der Waals surface area contributed by atoms with Crippen LogP contribution in [0.15, 0.2) is 48.5 Å². The zero-order chi connectivity index (χ0) is 23.9. The number of carbonyl (C=O) groups excluding carboxylic acids is 2. The van der Waals surface area contributed by atoms with Gasteiger partial charge >= 0.3 is 5.97 Å². The molecule has 1 saturated heterocycles. The van der Waals surface area contributed by atoms with Crippen LogP contribution in [0.5, 0.6) is 17.2 Å². The molecule has 9 nitrogen and oxygen atoms in total. The molecule has 0 saturated carbocycles. The second-order valence-electron chi connectivity index (χ2n) is 8.20. The molecule has 2 aliphatic heterocycles. The van der Waals surface area contributed by atoms with E-state index in [4.69, 9.17) is 18.9 Å². The van der Waals surface area contributed by atoms with Crippen LogP contribution in [0, 0.1) is 0 Å². The zero-order valence-corrected chi connectivity index (χ0v) is 19.2. The van der Waals surface area contributed by atoms with Crippen LogP contribution in [-0.4, -0.2) is 91.5 Å². The number of rotatable bonds is 8. The number of hydrogen-bond acceptors (Lipinski definition) is 8. The van der Waals surface area contributed by atoms with E-state index in [-0.39, 0.29) is 19.1 Å². The molecule has 1 N–H and O–H groups in total. The number of esters is 1. The lowest BCUT2D eigenvalue weighted by Crippen LogP contribution is -2.55. The SMILES string of the molecule is CCOC(=O)c1cccc(OCC(O)CN2CCN(C(=O)C3COc4ccccc4O3)CC2)c1. The van der Waals surface area contributed by atoms with E-state index < -0.39 is 18.2 Å². The Morgan fingerprint density at radius 1 is 1.09 bits per heavy atom. The van der Waals surface area contributed by atoms with Crippen LogP contribution < -0.4 is 14.2 Å². The molecular weight excluding hydrogens is 440 g/mol. The minimum Gasteiger partial charge on any atom is -0.491 e. The van der Waals surface area contributed by atoms with Gasteiger partial charge < -0.3 is 29.0 Å². The molecular formula is C25H30N2O7. The Bertz CT molecular complexity index is 991. The second-order valence-corrected chi connectivity index (χ2v) is 8.20. The van der Waals surface area contributed by atoms with Crippen molar-refractivity contribution in [2.24, 2.45) is 0 Å². The van der Waals surface area contributed by atoms with Gasteiger partial charge in [0.25, 0.3) is 5.91 Å². The molecule has 9 heteroatoms. The van der Waals surface area contributed by atoms with Gasteiger partial charge in [-0.1, -0.05) is 18.2 Å². The van der Waals surface area contributed by atoms with Crippen molar-refractivity contribution in [1.82, 2.24) is 9.80 Å². The van der Waals surface area contributed by atoms with Gasteiger partial charge in [0.1, 0.15) is 25.1 Å². The lowest BCUT2D eigenvalue weighted by atomic mass is 10.2. The maximum absolute atomic E-state index is 12.9. The Hall–Kier alpha value is -3.30. The van der Waals surface area contributed by atoms with Crippen molar-refractivity contribution in [1.29, 1.82) is 0 Å². The van der Waals surface area contributed by atoms with E-state index >= 15 is 0 Å². The molecule has 2 heterocycles. The number of ether oxygens (including phenoxy) is 4. The number of β-amino-alcohol motifs (C(OH)–C–C–N with tert-alkyl or cyclic N) is 1. The number of aliphatic hydroxyl groups is 1. The number of amides is 1. The number of carbonyl (C=O) groups is 2. The van der Waals surface area contributed by atoms with Gasteiger partial charge in [-0.3, -0.25) is 9.69 Å². The molecule has 182 valence electrons. The van der Waals surface area contributed by atoms with Gasteiger partial charge in [0.15, 0.2) is 11.5 Å². The largest absolute Gasteiger partial charge is 0.491 e. The van der Waals surface area contributed by atoms with Crippen molar-refractivity contribution in [2.75, 3.05) is 52.5 Å². The van der Waals surface area contributed by atoms with Crippen LogP contribution in [0.3, 0.4) is 0 Å². The fourth-order valence-electron chi connectivity index (χ4n) is 3.97. The summed E-state index contributed by atoms with van der Waals surface area (Å²) in [5.74, 6) is 1.24. The highest BCUT2D eigenvalue weighted by molar-refractivity contribution is 5.89. The molecule has 0 bridgehead atoms. The molecule has 2 atom stereocenters. The highest BCUT2D eigenvalue weighted by atomic mass is 16.6. The van der Waals surface area contributed by atoms with E-state index in [0.717, 1.165) is 0 Å². The number of benzene rings is 2. The number of para-hydroxylation sites is 2. The topological polar surface area (TPSA) is 97.8 Å². The van der Waals surface area contributed by atoms with Crippen LogP contribution in [0.4, 0.5) is 0 Å². The summed E-state index contributed by atoms with van der Waals surface area (Å²) >= 11 is 0. The highest BCUT2D eigenvalue weighted by Gasteiger charge is 2.32. The van der Waals surface area contributed by atoms with Gasteiger partial charge in [0.2, 0.25) is 6.10 Å². The summed E-state index contributed by atoms with van der Waals surface area (Å²) in [6, 6.07) is 14.0. The lowest BCUT2D eigenvalue weighted by Gasteiger charge is -2.37. The molecule has 2 unspecified atom stereocenters. The molecule has 1 fully saturated rings. The molecule has 4 rings (SSSR count). The third-order valence-corrected chi connectivity index (χ3v) is 5.72. The fraction of sp³-hybridized carbons (Fsp3) is 0.440. The summed E-state index contributed by atoms with van der Waals surface area (Å²) < 4.78 is 22.2. The summed E-state index contributed by atoms with van der Waals surface area (Å²) in [4.78, 5) is 28.6. The number of fused-ring (bicyclic) bond motifs is 1. The minimum absolute atomic E-state index is 0.0838. The van der Waals surface area contributed by atoms with Gasteiger partial charge in [-0.2, -0.15) is 0 Å². The Morgan fingerprint density at radius 2 is 1.85 bits per heavy atom. The Kier molecular flexibility index (Phi) is 7.87. The van der Waals surface area contributed by atoms with E-state index in [2.05, 4.69) is 4.90 Å². The molecule has 0 aromatic heterocycles. The molecule has 1 amide bonds. The molecule has 0 aliphatic carbocycles. The van der Waals surface area contributed by atoms with Crippen LogP contribution >= 0.6 is 0 Å². The predicted octanol–water partition coefficient (Wildman–Crippen LogP) is 1.59. The second kappa shape index (κ2) is 11.2. The highest BCUT2D eigenvalue weighted by Crippen LogP contribution is 2.31. The van der Waals surface area contributed by atoms with Crippen molar-refractivity contribution in [3.8, 4) is 17.2 Å². The first kappa shape index (κ1) is 23.8. The van der Waals surface area contributed by atoms with Gasteiger partial charge in [-0.15, -0.1) is 0 Å². The van der Waals surface area contributed by atoms with Crippen molar-refractivity contribution in [3.63, 3.8) is 0 Å². The van der Waals surface area contributed by atoms with Crippen LogP contribution in [0.2, 0.25) is 0 Å². The Morgan fingerprint density at radius 3 is 2.62 bits per heavy atom. The normalized spacial score (nSPS) is 18.8. The summed E-state index contributed by atoms with van der Waals surface area (Å²) in [5.41, 5.74) is 0.408. The molecule has 0 radical (unpaired) electrons. The maximum Gasteiger partial charge on any atom is 0.338 e. The van der Waals surface area contributed by atoms with Crippen LogP contribution in [-0.2, 0) is 9.53 Å². The molecule has 34 heavy (non-hydrogen) atoms. The predicted molar refractivity (Wildman–Crippen MR) is 123 cm³/mol. The molecule has 2 aliphatic rings. The Balaban J connectivity index is 1.20. The van der Waals surface area contributed by atoms with E-state index in [9.17, 15) is 14.7 Å². The van der Waals surface area contributed by atoms with Crippen LogP contribution in [0.25, 0.3) is 0 Å². The third kappa shape index (κ3) is 5.98.